The number of hydrogen-bond donors (Lipinski definition) is 5. The summed E-state index contributed by atoms with van der Waals surface area (Å²) >= 11 is 0. The minimum atomic E-state index is -2.22. The molecule has 0 spiro atoms. The Morgan fingerprint density at radius 3 is 2.14 bits per heavy atom. The van der Waals surface area contributed by atoms with E-state index in [4.69, 9.17) is 18.6 Å². The molecule has 37 heavy (non-hydrogen) atoms. The van der Waals surface area contributed by atoms with Crippen LogP contribution in [0.4, 0.5) is 0 Å². The highest BCUT2D eigenvalue weighted by atomic mass is 16.6. The zero-order chi connectivity index (χ0) is 27.4. The average Bonchev–Trinajstić information content (AvgIpc) is 2.82. The Kier molecular flexibility index (Phi) is 8.25. The maximum absolute atomic E-state index is 13.3. The summed E-state index contributed by atoms with van der Waals surface area (Å²) in [6.07, 6.45) is -6.87. The summed E-state index contributed by atoms with van der Waals surface area (Å²) in [6, 6.07) is 7.29. The van der Waals surface area contributed by atoms with Crippen LogP contribution in [0.15, 0.2) is 45.6 Å². The zero-order valence-corrected chi connectivity index (χ0v) is 20.1. The van der Waals surface area contributed by atoms with E-state index in [1.807, 2.05) is 0 Å². The first kappa shape index (κ1) is 27.3. The second-order valence-electron chi connectivity index (χ2n) is 8.10. The summed E-state index contributed by atoms with van der Waals surface area (Å²) in [5, 5.41) is 50.8. The van der Waals surface area contributed by atoms with E-state index in [-0.39, 0.29) is 34.5 Å². The van der Waals surface area contributed by atoms with Crippen molar-refractivity contribution in [1.29, 1.82) is 0 Å². The Bertz CT molecular complexity index is 1340. The smallest absolute Gasteiger partial charge is 0.303 e. The molecular formula is C25H26O12. The van der Waals surface area contributed by atoms with Gasteiger partial charge in [-0.05, 0) is 30.7 Å². The van der Waals surface area contributed by atoms with Gasteiger partial charge in [0.25, 0.3) is 0 Å². The number of aliphatic hydroxyl groups is 2. The normalized spacial score (nSPS) is 14.4. The molecule has 0 fully saturated rings. The predicted octanol–water partition coefficient (Wildman–Crippen LogP) is 1.91. The van der Waals surface area contributed by atoms with Gasteiger partial charge in [0, 0.05) is 31.5 Å². The third-order valence-electron chi connectivity index (χ3n) is 5.30. The lowest BCUT2D eigenvalue weighted by atomic mass is 10.0. The van der Waals surface area contributed by atoms with Crippen LogP contribution < -0.4 is 10.2 Å². The van der Waals surface area contributed by atoms with Gasteiger partial charge < -0.3 is 44.2 Å². The standard InChI is InChI=1S/C25H26O12/c1-4-17(34-11(2)26)23(35-12(3)27)21(32)25(33)37-24-20(31)19-16(30)9-15(29)10-18(19)36-22(24)13-5-7-14(28)8-6-13/h5-10,17,21,23,25,28-30,32-33H,4H2,1-3H3. The van der Waals surface area contributed by atoms with Crippen molar-refractivity contribution in [2.45, 2.75) is 51.8 Å². The van der Waals surface area contributed by atoms with Crippen molar-refractivity contribution in [3.63, 3.8) is 0 Å². The van der Waals surface area contributed by atoms with E-state index in [9.17, 15) is 39.9 Å². The van der Waals surface area contributed by atoms with E-state index in [1.54, 1.807) is 6.92 Å². The molecule has 2 aromatic carbocycles. The molecule has 0 radical (unpaired) electrons. The van der Waals surface area contributed by atoms with Crippen LogP contribution in [0.3, 0.4) is 0 Å². The molecule has 0 aliphatic carbocycles. The van der Waals surface area contributed by atoms with Gasteiger partial charge in [-0.1, -0.05) is 6.92 Å². The van der Waals surface area contributed by atoms with Crippen LogP contribution in [0.25, 0.3) is 22.3 Å². The quantitative estimate of drug-likeness (QED) is 0.204. The summed E-state index contributed by atoms with van der Waals surface area (Å²) < 4.78 is 21.3. The van der Waals surface area contributed by atoms with Gasteiger partial charge in [0.15, 0.2) is 18.0 Å². The monoisotopic (exact) mass is 518 g/mol. The van der Waals surface area contributed by atoms with E-state index in [2.05, 4.69) is 0 Å². The van der Waals surface area contributed by atoms with Gasteiger partial charge in [-0.15, -0.1) is 0 Å². The number of esters is 2. The fourth-order valence-corrected chi connectivity index (χ4v) is 3.68. The summed E-state index contributed by atoms with van der Waals surface area (Å²) in [5.41, 5.74) is -0.991. The Labute approximate surface area is 209 Å². The minimum Gasteiger partial charge on any atom is -0.508 e. The number of fused-ring (bicyclic) bond motifs is 1. The highest BCUT2D eigenvalue weighted by molar-refractivity contribution is 5.88. The number of aromatic hydroxyl groups is 3. The van der Waals surface area contributed by atoms with Crippen LogP contribution in [-0.4, -0.2) is 62.1 Å². The average molecular weight is 518 g/mol. The zero-order valence-electron chi connectivity index (χ0n) is 20.1. The molecule has 0 saturated heterocycles. The topological polar surface area (TPSA) is 193 Å². The van der Waals surface area contributed by atoms with Crippen LogP contribution in [0.2, 0.25) is 0 Å². The van der Waals surface area contributed by atoms with Crippen LogP contribution in [-0.2, 0) is 19.1 Å². The lowest BCUT2D eigenvalue weighted by Crippen LogP contribution is -2.50. The third kappa shape index (κ3) is 6.11. The molecule has 5 N–H and O–H groups in total. The molecule has 3 aromatic rings. The van der Waals surface area contributed by atoms with Crippen molar-refractivity contribution >= 4 is 22.9 Å². The fraction of sp³-hybridized carbons (Fsp3) is 0.320. The first-order valence-electron chi connectivity index (χ1n) is 11.1. The number of hydrogen-bond acceptors (Lipinski definition) is 12. The van der Waals surface area contributed by atoms with Crippen molar-refractivity contribution < 1.29 is 53.7 Å². The predicted molar refractivity (Wildman–Crippen MR) is 127 cm³/mol. The highest BCUT2D eigenvalue weighted by Gasteiger charge is 2.39. The van der Waals surface area contributed by atoms with Gasteiger partial charge in [0.1, 0.15) is 34.3 Å². The minimum absolute atomic E-state index is 0.0928. The second kappa shape index (κ2) is 11.2. The molecule has 4 unspecified atom stereocenters. The van der Waals surface area contributed by atoms with E-state index in [0.717, 1.165) is 26.0 Å². The van der Waals surface area contributed by atoms with Gasteiger partial charge in [-0.3, -0.25) is 14.4 Å². The number of carbonyl (C=O) groups is 2. The molecule has 4 atom stereocenters. The maximum atomic E-state index is 13.3. The molecule has 198 valence electrons. The van der Waals surface area contributed by atoms with Crippen molar-refractivity contribution in [3.05, 3.63) is 46.6 Å². The number of carbonyl (C=O) groups excluding carboxylic acids is 2. The first-order chi connectivity index (χ1) is 17.4. The summed E-state index contributed by atoms with van der Waals surface area (Å²) in [7, 11) is 0. The molecule has 1 aromatic heterocycles. The molecule has 1 heterocycles. The van der Waals surface area contributed by atoms with Crippen LogP contribution in [0.1, 0.15) is 27.2 Å². The van der Waals surface area contributed by atoms with Gasteiger partial charge in [-0.25, -0.2) is 0 Å². The van der Waals surface area contributed by atoms with Crippen molar-refractivity contribution in [1.82, 2.24) is 0 Å². The Hall–Kier alpha value is -4.29. The van der Waals surface area contributed by atoms with E-state index < -0.39 is 59.2 Å². The molecule has 12 heteroatoms. The fourth-order valence-electron chi connectivity index (χ4n) is 3.68. The van der Waals surface area contributed by atoms with Crippen molar-refractivity contribution in [2.75, 3.05) is 0 Å². The van der Waals surface area contributed by atoms with E-state index >= 15 is 0 Å². The molecule has 0 aliphatic rings. The largest absolute Gasteiger partial charge is 0.508 e. The van der Waals surface area contributed by atoms with Crippen LogP contribution >= 0.6 is 0 Å². The Morgan fingerprint density at radius 1 is 0.946 bits per heavy atom. The number of ether oxygens (including phenoxy) is 3. The Morgan fingerprint density at radius 2 is 1.57 bits per heavy atom. The molecule has 0 saturated carbocycles. The summed E-state index contributed by atoms with van der Waals surface area (Å²) in [6.45, 7) is 3.75. The molecule has 12 nitrogen and oxygen atoms in total. The number of rotatable bonds is 9. The molecule has 0 amide bonds. The number of phenolic OH excluding ortho intramolecular Hbond substituents is 3. The first-order valence-corrected chi connectivity index (χ1v) is 11.1. The van der Waals surface area contributed by atoms with E-state index in [1.165, 1.54) is 24.3 Å². The molecular weight excluding hydrogens is 492 g/mol. The molecule has 0 bridgehead atoms. The van der Waals surface area contributed by atoms with Crippen LogP contribution in [0.5, 0.6) is 23.0 Å². The Balaban J connectivity index is 2.11. The molecule has 3 rings (SSSR count). The third-order valence-corrected chi connectivity index (χ3v) is 5.30. The number of benzene rings is 2. The van der Waals surface area contributed by atoms with Gasteiger partial charge in [0.05, 0.1) is 0 Å². The number of aliphatic hydroxyl groups excluding tert-OH is 2. The second-order valence-corrected chi connectivity index (χ2v) is 8.10. The maximum Gasteiger partial charge on any atom is 0.303 e. The lowest BCUT2D eigenvalue weighted by molar-refractivity contribution is -0.198. The van der Waals surface area contributed by atoms with Crippen LogP contribution in [0, 0.1) is 0 Å². The van der Waals surface area contributed by atoms with Gasteiger partial charge in [-0.2, -0.15) is 0 Å². The highest BCUT2D eigenvalue weighted by Crippen LogP contribution is 2.36. The van der Waals surface area contributed by atoms with Crippen molar-refractivity contribution in [2.24, 2.45) is 0 Å². The SMILES string of the molecule is CCC(OC(C)=O)C(OC(C)=O)C(O)C(O)Oc1c(-c2ccc(O)cc2)oc2cc(O)cc(O)c2c1=O. The summed E-state index contributed by atoms with van der Waals surface area (Å²) in [5.74, 6) is -3.62. The number of phenols is 3. The summed E-state index contributed by atoms with van der Waals surface area (Å²) in [4.78, 5) is 36.5. The van der Waals surface area contributed by atoms with Gasteiger partial charge in [0.2, 0.25) is 17.5 Å². The molecule has 0 aliphatic heterocycles. The van der Waals surface area contributed by atoms with Crippen molar-refractivity contribution in [3.8, 4) is 34.3 Å². The van der Waals surface area contributed by atoms with E-state index in [0.29, 0.717) is 0 Å². The van der Waals surface area contributed by atoms with Gasteiger partial charge >= 0.3 is 11.9 Å². The lowest BCUT2D eigenvalue weighted by Gasteiger charge is -2.31.